The molecule has 0 atom stereocenters. The molecule has 1 fully saturated rings. The van der Waals surface area contributed by atoms with E-state index in [1.165, 1.54) is 37.7 Å². The smallest absolute Gasteiger partial charge is 0.259 e. The van der Waals surface area contributed by atoms with Crippen molar-refractivity contribution in [2.75, 3.05) is 7.05 Å². The summed E-state index contributed by atoms with van der Waals surface area (Å²) >= 11 is 0. The quantitative estimate of drug-likeness (QED) is 0.763. The van der Waals surface area contributed by atoms with Gasteiger partial charge >= 0.3 is 0 Å². The maximum Gasteiger partial charge on any atom is 0.259 e. The number of aromatic nitrogens is 2. The SMILES string of the molecule is CN(Cc1ccccc1-c1nc2ccccc2c(=O)[nH]1)C1CCCCC1. The molecule has 1 N–H and O–H groups in total. The van der Waals surface area contributed by atoms with Crippen LogP contribution in [0.1, 0.15) is 37.7 Å². The van der Waals surface area contributed by atoms with E-state index in [1.54, 1.807) is 0 Å². The van der Waals surface area contributed by atoms with E-state index in [4.69, 9.17) is 4.98 Å². The predicted molar refractivity (Wildman–Crippen MR) is 106 cm³/mol. The Balaban J connectivity index is 1.68. The van der Waals surface area contributed by atoms with Gasteiger partial charge in [0.15, 0.2) is 0 Å². The van der Waals surface area contributed by atoms with E-state index >= 15 is 0 Å². The van der Waals surface area contributed by atoms with Crippen LogP contribution in [-0.4, -0.2) is 28.0 Å². The Kier molecular flexibility index (Phi) is 4.85. The summed E-state index contributed by atoms with van der Waals surface area (Å²) in [5.74, 6) is 0.654. The highest BCUT2D eigenvalue weighted by Crippen LogP contribution is 2.26. The van der Waals surface area contributed by atoms with Crippen LogP contribution in [0.15, 0.2) is 53.3 Å². The first-order valence-corrected chi connectivity index (χ1v) is 9.50. The molecule has 0 unspecified atom stereocenters. The third kappa shape index (κ3) is 3.42. The van der Waals surface area contributed by atoms with Gasteiger partial charge in [-0.05, 0) is 37.6 Å². The van der Waals surface area contributed by atoms with E-state index in [0.29, 0.717) is 17.3 Å². The third-order valence-electron chi connectivity index (χ3n) is 5.50. The fourth-order valence-corrected chi connectivity index (χ4v) is 4.02. The maximum absolute atomic E-state index is 12.4. The van der Waals surface area contributed by atoms with E-state index in [9.17, 15) is 4.79 Å². The predicted octanol–water partition coefficient (Wildman–Crippen LogP) is 4.35. The maximum atomic E-state index is 12.4. The summed E-state index contributed by atoms with van der Waals surface area (Å²) < 4.78 is 0. The summed E-state index contributed by atoms with van der Waals surface area (Å²) in [5.41, 5.74) is 2.87. The number of rotatable bonds is 4. The zero-order valence-corrected chi connectivity index (χ0v) is 15.2. The van der Waals surface area contributed by atoms with Crippen molar-refractivity contribution in [3.05, 3.63) is 64.4 Å². The Morgan fingerprint density at radius 3 is 2.62 bits per heavy atom. The second-order valence-electron chi connectivity index (χ2n) is 7.30. The van der Waals surface area contributed by atoms with Gasteiger partial charge < -0.3 is 4.98 Å². The molecule has 0 radical (unpaired) electrons. The van der Waals surface area contributed by atoms with Gasteiger partial charge in [0.05, 0.1) is 10.9 Å². The molecule has 0 amide bonds. The number of fused-ring (bicyclic) bond motifs is 1. The molecule has 0 saturated heterocycles. The topological polar surface area (TPSA) is 49.0 Å². The molecule has 1 heterocycles. The van der Waals surface area contributed by atoms with Gasteiger partial charge in [0.25, 0.3) is 5.56 Å². The van der Waals surface area contributed by atoms with Gasteiger partial charge in [-0.3, -0.25) is 9.69 Å². The molecular formula is C22H25N3O. The van der Waals surface area contributed by atoms with Crippen LogP contribution in [0.5, 0.6) is 0 Å². The number of hydrogen-bond acceptors (Lipinski definition) is 3. The van der Waals surface area contributed by atoms with Crippen molar-refractivity contribution in [3.63, 3.8) is 0 Å². The van der Waals surface area contributed by atoms with Gasteiger partial charge in [0.2, 0.25) is 0 Å². The van der Waals surface area contributed by atoms with E-state index in [1.807, 2.05) is 30.3 Å². The molecule has 0 aliphatic heterocycles. The van der Waals surface area contributed by atoms with Crippen LogP contribution in [0, 0.1) is 0 Å². The lowest BCUT2D eigenvalue weighted by Crippen LogP contribution is -2.33. The van der Waals surface area contributed by atoms with Crippen LogP contribution in [-0.2, 0) is 6.54 Å². The molecule has 1 aliphatic carbocycles. The van der Waals surface area contributed by atoms with Crippen molar-refractivity contribution in [1.82, 2.24) is 14.9 Å². The van der Waals surface area contributed by atoms with Crippen molar-refractivity contribution in [1.29, 1.82) is 0 Å². The van der Waals surface area contributed by atoms with Gasteiger partial charge in [0.1, 0.15) is 5.82 Å². The largest absolute Gasteiger partial charge is 0.306 e. The van der Waals surface area contributed by atoms with Crippen LogP contribution in [0.3, 0.4) is 0 Å². The summed E-state index contributed by atoms with van der Waals surface area (Å²) in [6.45, 7) is 0.872. The molecule has 4 heteroatoms. The lowest BCUT2D eigenvalue weighted by atomic mass is 9.94. The number of nitrogens with one attached hydrogen (secondary N) is 1. The van der Waals surface area contributed by atoms with Gasteiger partial charge in [-0.25, -0.2) is 4.98 Å². The van der Waals surface area contributed by atoms with E-state index in [2.05, 4.69) is 35.1 Å². The molecule has 134 valence electrons. The first-order valence-electron chi connectivity index (χ1n) is 9.50. The standard InChI is InChI=1S/C22H25N3O/c1-25(17-10-3-2-4-11-17)15-16-9-5-6-12-18(16)21-23-20-14-8-7-13-19(20)22(26)24-21/h5-9,12-14,17H,2-4,10-11,15H2,1H3,(H,23,24,26). The van der Waals surface area contributed by atoms with Crippen molar-refractivity contribution in [2.24, 2.45) is 0 Å². The van der Waals surface area contributed by atoms with Gasteiger partial charge in [-0.2, -0.15) is 0 Å². The van der Waals surface area contributed by atoms with Crippen molar-refractivity contribution in [3.8, 4) is 11.4 Å². The monoisotopic (exact) mass is 347 g/mol. The van der Waals surface area contributed by atoms with Gasteiger partial charge in [-0.15, -0.1) is 0 Å². The summed E-state index contributed by atoms with van der Waals surface area (Å²) in [6.07, 6.45) is 6.59. The lowest BCUT2D eigenvalue weighted by Gasteiger charge is -2.31. The first-order chi connectivity index (χ1) is 12.7. The van der Waals surface area contributed by atoms with Crippen LogP contribution in [0.2, 0.25) is 0 Å². The zero-order valence-electron chi connectivity index (χ0n) is 15.2. The fraction of sp³-hybridized carbons (Fsp3) is 0.364. The van der Waals surface area contributed by atoms with Gasteiger partial charge in [0, 0.05) is 18.2 Å². The molecule has 4 nitrogen and oxygen atoms in total. The molecule has 1 aromatic heterocycles. The normalized spacial score (nSPS) is 15.6. The highest BCUT2D eigenvalue weighted by Gasteiger charge is 2.19. The second-order valence-corrected chi connectivity index (χ2v) is 7.30. The van der Waals surface area contributed by atoms with Crippen molar-refractivity contribution >= 4 is 10.9 Å². The minimum absolute atomic E-state index is 0.0824. The van der Waals surface area contributed by atoms with Crippen molar-refractivity contribution in [2.45, 2.75) is 44.7 Å². The number of aromatic amines is 1. The van der Waals surface area contributed by atoms with Crippen molar-refractivity contribution < 1.29 is 0 Å². The Morgan fingerprint density at radius 1 is 1.04 bits per heavy atom. The number of hydrogen-bond donors (Lipinski definition) is 1. The molecule has 4 rings (SSSR count). The van der Waals surface area contributed by atoms with Gasteiger partial charge in [-0.1, -0.05) is 55.7 Å². The number of nitrogens with zero attached hydrogens (tertiary/aromatic N) is 2. The van der Waals surface area contributed by atoms with Crippen LogP contribution in [0.25, 0.3) is 22.3 Å². The Morgan fingerprint density at radius 2 is 1.77 bits per heavy atom. The highest BCUT2D eigenvalue weighted by atomic mass is 16.1. The fourth-order valence-electron chi connectivity index (χ4n) is 4.02. The van der Waals surface area contributed by atoms with E-state index in [0.717, 1.165) is 17.6 Å². The molecule has 2 aromatic carbocycles. The summed E-state index contributed by atoms with van der Waals surface area (Å²) in [4.78, 5) is 22.6. The van der Waals surface area contributed by atoms with Crippen LogP contribution < -0.4 is 5.56 Å². The minimum Gasteiger partial charge on any atom is -0.306 e. The minimum atomic E-state index is -0.0824. The Hall–Kier alpha value is -2.46. The second kappa shape index (κ2) is 7.42. The van der Waals surface area contributed by atoms with Crippen LogP contribution >= 0.6 is 0 Å². The zero-order chi connectivity index (χ0) is 17.9. The number of benzene rings is 2. The number of para-hydroxylation sites is 1. The molecule has 26 heavy (non-hydrogen) atoms. The Bertz CT molecular complexity index is 957. The highest BCUT2D eigenvalue weighted by molar-refractivity contribution is 5.79. The summed E-state index contributed by atoms with van der Waals surface area (Å²) in [7, 11) is 2.21. The summed E-state index contributed by atoms with van der Waals surface area (Å²) in [6, 6.07) is 16.4. The molecule has 0 bridgehead atoms. The molecule has 1 saturated carbocycles. The molecule has 0 spiro atoms. The average molecular weight is 347 g/mol. The van der Waals surface area contributed by atoms with E-state index in [-0.39, 0.29) is 5.56 Å². The first kappa shape index (κ1) is 17.0. The number of H-pyrrole nitrogens is 1. The lowest BCUT2D eigenvalue weighted by molar-refractivity contribution is 0.185. The third-order valence-corrected chi connectivity index (χ3v) is 5.50. The summed E-state index contributed by atoms with van der Waals surface area (Å²) in [5, 5.41) is 0.632. The Labute approximate surface area is 153 Å². The molecular weight excluding hydrogens is 322 g/mol. The average Bonchev–Trinajstić information content (AvgIpc) is 2.69. The van der Waals surface area contributed by atoms with Crippen LogP contribution in [0.4, 0.5) is 0 Å². The van der Waals surface area contributed by atoms with E-state index < -0.39 is 0 Å². The molecule has 3 aromatic rings. The molecule has 1 aliphatic rings.